The van der Waals surface area contributed by atoms with E-state index in [1.807, 2.05) is 36.9 Å². The second kappa shape index (κ2) is 6.47. The average Bonchev–Trinajstić information content (AvgIpc) is 2.89. The lowest BCUT2D eigenvalue weighted by molar-refractivity contribution is -0.122. The Morgan fingerprint density at radius 1 is 1.43 bits per heavy atom. The third-order valence-corrected chi connectivity index (χ3v) is 3.44. The molecule has 0 bridgehead atoms. The van der Waals surface area contributed by atoms with E-state index in [1.165, 1.54) is 0 Å². The van der Waals surface area contributed by atoms with E-state index in [1.54, 1.807) is 0 Å². The van der Waals surface area contributed by atoms with Crippen molar-refractivity contribution < 1.29 is 4.79 Å². The van der Waals surface area contributed by atoms with Crippen molar-refractivity contribution in [2.75, 3.05) is 5.88 Å². The largest absolute Gasteiger partial charge is 0.352 e. The van der Waals surface area contributed by atoms with E-state index in [0.29, 0.717) is 12.3 Å². The zero-order valence-electron chi connectivity index (χ0n) is 13.0. The molecule has 2 heterocycles. The number of hydrogen-bond acceptors (Lipinski definition) is 3. The zero-order valence-corrected chi connectivity index (χ0v) is 13.7. The highest BCUT2D eigenvalue weighted by Gasteiger charge is 2.19. The van der Waals surface area contributed by atoms with Gasteiger partial charge in [-0.3, -0.25) is 4.79 Å². The molecule has 0 aliphatic rings. The van der Waals surface area contributed by atoms with Gasteiger partial charge in [0.1, 0.15) is 17.9 Å². The third-order valence-electron chi connectivity index (χ3n) is 3.25. The Morgan fingerprint density at radius 3 is 2.71 bits per heavy atom. The van der Waals surface area contributed by atoms with E-state index in [9.17, 15) is 4.79 Å². The van der Waals surface area contributed by atoms with Gasteiger partial charge in [-0.2, -0.15) is 5.10 Å². The van der Waals surface area contributed by atoms with Crippen LogP contribution in [-0.2, 0) is 24.3 Å². The highest BCUT2D eigenvalue weighted by molar-refractivity contribution is 6.17. The summed E-state index contributed by atoms with van der Waals surface area (Å²) in [5.41, 5.74) is 2.63. The molecule has 0 saturated heterocycles. The lowest BCUT2D eigenvalue weighted by Gasteiger charge is -2.12. The van der Waals surface area contributed by atoms with Crippen LogP contribution in [0.4, 0.5) is 0 Å². The highest BCUT2D eigenvalue weighted by atomic mass is 35.5. The number of imidazole rings is 1. The van der Waals surface area contributed by atoms with E-state index in [4.69, 9.17) is 11.6 Å². The van der Waals surface area contributed by atoms with Gasteiger partial charge in [-0.05, 0) is 27.7 Å². The van der Waals surface area contributed by atoms with Gasteiger partial charge in [-0.15, -0.1) is 11.6 Å². The molecular weight excluding hydrogens is 290 g/mol. The first-order valence-electron chi connectivity index (χ1n) is 7.25. The Labute approximate surface area is 129 Å². The Hall–Kier alpha value is -1.56. The van der Waals surface area contributed by atoms with Crippen LogP contribution < -0.4 is 5.32 Å². The minimum Gasteiger partial charge on any atom is -0.352 e. The van der Waals surface area contributed by atoms with Crippen LogP contribution in [0.5, 0.6) is 0 Å². The average molecular weight is 312 g/mol. The Bertz CT molecular complexity index is 643. The van der Waals surface area contributed by atoms with E-state index in [2.05, 4.69) is 15.4 Å². The summed E-state index contributed by atoms with van der Waals surface area (Å²) in [6.07, 6.45) is 0.633. The zero-order chi connectivity index (χ0) is 15.6. The lowest BCUT2D eigenvalue weighted by atomic mass is 10.3. The molecule has 21 heavy (non-hydrogen) atoms. The fraction of sp³-hybridized carbons (Fsp3) is 0.643. The molecule has 0 radical (unpaired) electrons. The summed E-state index contributed by atoms with van der Waals surface area (Å²) in [4.78, 5) is 16.7. The Kier molecular flexibility index (Phi) is 4.88. The molecule has 2 aromatic heterocycles. The Balaban J connectivity index is 2.46. The van der Waals surface area contributed by atoms with Crippen LogP contribution in [0.15, 0.2) is 0 Å². The summed E-state index contributed by atoms with van der Waals surface area (Å²) < 4.78 is 3.82. The number of carbonyl (C=O) groups is 1. The highest BCUT2D eigenvalue weighted by Crippen LogP contribution is 2.20. The van der Waals surface area contributed by atoms with Gasteiger partial charge in [0, 0.05) is 24.9 Å². The second-order valence-corrected chi connectivity index (χ2v) is 5.73. The summed E-state index contributed by atoms with van der Waals surface area (Å²) in [6.45, 7) is 8.83. The maximum atomic E-state index is 12.1. The fourth-order valence-corrected chi connectivity index (χ4v) is 2.61. The third kappa shape index (κ3) is 3.20. The number of nitrogens with one attached hydrogen (secondary N) is 1. The van der Waals surface area contributed by atoms with Gasteiger partial charge >= 0.3 is 0 Å². The molecule has 0 saturated carbocycles. The number of fused-ring (bicyclic) bond motifs is 1. The van der Waals surface area contributed by atoms with Gasteiger partial charge in [0.15, 0.2) is 5.65 Å². The minimum atomic E-state index is -0.0263. The normalized spacial score (nSPS) is 11.5. The topological polar surface area (TPSA) is 64.7 Å². The number of halogens is 1. The number of rotatable bonds is 6. The molecule has 0 spiro atoms. The maximum Gasteiger partial charge on any atom is 0.240 e. The van der Waals surface area contributed by atoms with Gasteiger partial charge in [0.05, 0.1) is 5.69 Å². The van der Waals surface area contributed by atoms with E-state index >= 15 is 0 Å². The summed E-state index contributed by atoms with van der Waals surface area (Å²) in [6, 6.07) is 0.116. The number of aryl methyl sites for hydroxylation is 3. The molecule has 7 heteroatoms. The number of hydrogen-bond donors (Lipinski definition) is 1. The molecular formula is C14H22ClN5O. The van der Waals surface area contributed by atoms with Crippen LogP contribution >= 0.6 is 11.6 Å². The fourth-order valence-electron chi connectivity index (χ4n) is 2.44. The van der Waals surface area contributed by atoms with Crippen molar-refractivity contribution in [2.45, 2.75) is 53.2 Å². The van der Waals surface area contributed by atoms with E-state index < -0.39 is 0 Å². The van der Waals surface area contributed by atoms with Crippen LogP contribution in [0.25, 0.3) is 11.2 Å². The van der Waals surface area contributed by atoms with Gasteiger partial charge in [-0.25, -0.2) is 9.67 Å². The minimum absolute atomic E-state index is 0.0263. The van der Waals surface area contributed by atoms with Crippen LogP contribution in [0.1, 0.15) is 32.3 Å². The molecule has 2 aromatic rings. The molecule has 0 aliphatic carbocycles. The number of carbonyl (C=O) groups excluding carboxylic acids is 1. The molecule has 2 rings (SSSR count). The molecule has 1 amide bonds. The van der Waals surface area contributed by atoms with Crippen molar-refractivity contribution >= 4 is 28.7 Å². The van der Waals surface area contributed by atoms with Gasteiger partial charge < -0.3 is 9.88 Å². The van der Waals surface area contributed by atoms with Crippen LogP contribution in [0, 0.1) is 6.92 Å². The molecule has 6 nitrogen and oxygen atoms in total. The van der Waals surface area contributed by atoms with Crippen molar-refractivity contribution in [2.24, 2.45) is 0 Å². The molecule has 0 aromatic carbocycles. The monoisotopic (exact) mass is 311 g/mol. The van der Waals surface area contributed by atoms with Crippen LogP contribution in [0.2, 0.25) is 0 Å². The van der Waals surface area contributed by atoms with E-state index in [-0.39, 0.29) is 18.5 Å². The number of alkyl halides is 1. The van der Waals surface area contributed by atoms with Crippen molar-refractivity contribution in [3.63, 3.8) is 0 Å². The van der Waals surface area contributed by atoms with Crippen LogP contribution in [-0.4, -0.2) is 37.2 Å². The predicted octanol–water partition coefficient (Wildman–Crippen LogP) is 1.87. The quantitative estimate of drug-likeness (QED) is 0.828. The predicted molar refractivity (Wildman–Crippen MR) is 83.6 cm³/mol. The summed E-state index contributed by atoms with van der Waals surface area (Å²) in [5.74, 6) is 1.28. The number of nitrogens with zero attached hydrogens (tertiary/aromatic N) is 4. The van der Waals surface area contributed by atoms with Crippen molar-refractivity contribution in [1.82, 2.24) is 24.6 Å². The number of aromatic nitrogens is 4. The molecule has 116 valence electrons. The van der Waals surface area contributed by atoms with Gasteiger partial charge in [0.2, 0.25) is 5.91 Å². The van der Waals surface area contributed by atoms with E-state index in [0.717, 1.165) is 29.2 Å². The Morgan fingerprint density at radius 2 is 2.14 bits per heavy atom. The van der Waals surface area contributed by atoms with Gasteiger partial charge in [0.25, 0.3) is 0 Å². The smallest absolute Gasteiger partial charge is 0.240 e. The number of amides is 1. The molecule has 0 atom stereocenters. The molecule has 0 unspecified atom stereocenters. The summed E-state index contributed by atoms with van der Waals surface area (Å²) in [7, 11) is 0. The molecule has 0 fully saturated rings. The van der Waals surface area contributed by atoms with Crippen molar-refractivity contribution in [3.05, 3.63) is 11.5 Å². The summed E-state index contributed by atoms with van der Waals surface area (Å²) in [5, 5.41) is 7.38. The SMILES string of the molecule is CCn1nc(C)c2nc(CCCl)n(CC(=O)NC(C)C)c21. The van der Waals surface area contributed by atoms with Crippen LogP contribution in [0.3, 0.4) is 0 Å². The van der Waals surface area contributed by atoms with Crippen molar-refractivity contribution in [1.29, 1.82) is 0 Å². The van der Waals surface area contributed by atoms with Crippen molar-refractivity contribution in [3.8, 4) is 0 Å². The standard InChI is InChI=1S/C14H22ClN5O/c1-5-20-14-13(10(4)18-20)17-11(6-7-15)19(14)8-12(21)16-9(2)3/h9H,5-8H2,1-4H3,(H,16,21). The molecule has 1 N–H and O–H groups in total. The first kappa shape index (κ1) is 15.8. The lowest BCUT2D eigenvalue weighted by Crippen LogP contribution is -2.33. The first-order valence-corrected chi connectivity index (χ1v) is 7.79. The second-order valence-electron chi connectivity index (χ2n) is 5.35. The summed E-state index contributed by atoms with van der Waals surface area (Å²) >= 11 is 5.86. The first-order chi connectivity index (χ1) is 9.97. The maximum absolute atomic E-state index is 12.1. The molecule has 0 aliphatic heterocycles. The van der Waals surface area contributed by atoms with Gasteiger partial charge in [-0.1, -0.05) is 0 Å².